The quantitative estimate of drug-likeness (QED) is 0.847. The van der Waals surface area contributed by atoms with Crippen molar-refractivity contribution >= 4 is 34.9 Å². The molecule has 0 radical (unpaired) electrons. The van der Waals surface area contributed by atoms with Crippen LogP contribution in [0.3, 0.4) is 0 Å². The van der Waals surface area contributed by atoms with E-state index in [0.717, 1.165) is 29.1 Å². The van der Waals surface area contributed by atoms with Gasteiger partial charge in [0, 0.05) is 36.2 Å². The zero-order chi connectivity index (χ0) is 16.9. The maximum atomic E-state index is 11.9. The molecule has 1 N–H and O–H groups in total. The van der Waals surface area contributed by atoms with Crippen LogP contribution in [0.5, 0.6) is 0 Å². The number of amides is 2. The Morgan fingerprint density at radius 3 is 2.71 bits per heavy atom. The summed E-state index contributed by atoms with van der Waals surface area (Å²) >= 11 is 1.62. The summed E-state index contributed by atoms with van der Waals surface area (Å²) in [5.41, 5.74) is 3.12. The molecule has 5 heteroatoms. The van der Waals surface area contributed by atoms with Crippen molar-refractivity contribution in [3.8, 4) is 0 Å². The first-order valence-corrected chi connectivity index (χ1v) is 8.91. The first-order valence-electron chi connectivity index (χ1n) is 8.03. The molecule has 0 bridgehead atoms. The second-order valence-corrected chi connectivity index (χ2v) is 6.78. The Morgan fingerprint density at radius 1 is 1.29 bits per heavy atom. The van der Waals surface area contributed by atoms with E-state index in [1.807, 2.05) is 53.6 Å². The fourth-order valence-electron chi connectivity index (χ4n) is 2.67. The molecule has 1 fully saturated rings. The van der Waals surface area contributed by atoms with Gasteiger partial charge in [0.2, 0.25) is 11.8 Å². The summed E-state index contributed by atoms with van der Waals surface area (Å²) < 4.78 is 0. The lowest BCUT2D eigenvalue weighted by atomic mass is 10.2. The van der Waals surface area contributed by atoms with Gasteiger partial charge in [-0.15, -0.1) is 11.3 Å². The molecule has 1 aromatic heterocycles. The third kappa shape index (κ3) is 3.92. The van der Waals surface area contributed by atoms with Crippen LogP contribution < -0.4 is 10.2 Å². The highest BCUT2D eigenvalue weighted by atomic mass is 32.1. The Balaban J connectivity index is 1.53. The first kappa shape index (κ1) is 16.5. The molecule has 0 saturated carbocycles. The maximum absolute atomic E-state index is 11.9. The molecule has 124 valence electrons. The normalized spacial score (nSPS) is 14.5. The maximum Gasteiger partial charge on any atom is 0.244 e. The van der Waals surface area contributed by atoms with Gasteiger partial charge in [-0.1, -0.05) is 12.1 Å². The lowest BCUT2D eigenvalue weighted by Gasteiger charge is -2.15. The first-order chi connectivity index (χ1) is 11.6. The van der Waals surface area contributed by atoms with E-state index in [9.17, 15) is 9.59 Å². The monoisotopic (exact) mass is 340 g/mol. The molecule has 0 atom stereocenters. The Bertz CT molecular complexity index is 762. The molecule has 0 unspecified atom stereocenters. The van der Waals surface area contributed by atoms with Crippen molar-refractivity contribution in [3.05, 3.63) is 57.8 Å². The molecule has 1 aromatic carbocycles. The van der Waals surface area contributed by atoms with Crippen molar-refractivity contribution in [2.45, 2.75) is 26.3 Å². The van der Waals surface area contributed by atoms with Gasteiger partial charge < -0.3 is 10.2 Å². The van der Waals surface area contributed by atoms with Crippen LogP contribution in [-0.2, 0) is 16.1 Å². The van der Waals surface area contributed by atoms with E-state index >= 15 is 0 Å². The van der Waals surface area contributed by atoms with Crippen LogP contribution in [0.25, 0.3) is 6.08 Å². The minimum atomic E-state index is -0.110. The number of nitrogens with one attached hydrogen (secondary N) is 1. The minimum absolute atomic E-state index is 0.110. The molecule has 24 heavy (non-hydrogen) atoms. The molecule has 1 aliphatic heterocycles. The third-order valence-electron chi connectivity index (χ3n) is 4.08. The molecule has 2 amide bonds. The van der Waals surface area contributed by atoms with E-state index in [1.54, 1.807) is 17.4 Å². The number of hydrogen-bond acceptors (Lipinski definition) is 3. The van der Waals surface area contributed by atoms with Gasteiger partial charge in [0.15, 0.2) is 0 Å². The smallest absolute Gasteiger partial charge is 0.244 e. The SMILES string of the molecule is Cc1ccsc1/C=C/C(=O)NCc1ccc(N2CCCC2=O)cc1. The molecule has 2 aromatic rings. The van der Waals surface area contributed by atoms with Gasteiger partial charge >= 0.3 is 0 Å². The largest absolute Gasteiger partial charge is 0.348 e. The van der Waals surface area contributed by atoms with E-state index in [1.165, 1.54) is 5.56 Å². The van der Waals surface area contributed by atoms with Gasteiger partial charge in [-0.2, -0.15) is 0 Å². The van der Waals surface area contributed by atoms with Crippen LogP contribution in [-0.4, -0.2) is 18.4 Å². The number of anilines is 1. The number of carbonyl (C=O) groups is 2. The molecule has 1 saturated heterocycles. The van der Waals surface area contributed by atoms with E-state index < -0.39 is 0 Å². The summed E-state index contributed by atoms with van der Waals surface area (Å²) in [6.07, 6.45) is 4.97. The molecule has 0 spiro atoms. The minimum Gasteiger partial charge on any atom is -0.348 e. The number of hydrogen-bond donors (Lipinski definition) is 1. The number of benzene rings is 1. The Morgan fingerprint density at radius 2 is 2.08 bits per heavy atom. The van der Waals surface area contributed by atoms with Gasteiger partial charge in [-0.3, -0.25) is 9.59 Å². The predicted molar refractivity (Wildman–Crippen MR) is 98.0 cm³/mol. The van der Waals surface area contributed by atoms with Crippen molar-refractivity contribution < 1.29 is 9.59 Å². The van der Waals surface area contributed by atoms with Crippen molar-refractivity contribution in [1.82, 2.24) is 5.32 Å². The van der Waals surface area contributed by atoms with E-state index in [2.05, 4.69) is 5.32 Å². The lowest BCUT2D eigenvalue weighted by Crippen LogP contribution is -2.23. The van der Waals surface area contributed by atoms with Crippen molar-refractivity contribution in [2.75, 3.05) is 11.4 Å². The van der Waals surface area contributed by atoms with Gasteiger partial charge in [-0.05, 0) is 54.1 Å². The highest BCUT2D eigenvalue weighted by Gasteiger charge is 2.21. The van der Waals surface area contributed by atoms with E-state index in [4.69, 9.17) is 0 Å². The average Bonchev–Trinajstić information content (AvgIpc) is 3.20. The molecule has 3 rings (SSSR count). The fraction of sp³-hybridized carbons (Fsp3) is 0.263. The fourth-order valence-corrected chi connectivity index (χ4v) is 3.49. The number of aryl methyl sites for hydroxylation is 1. The summed E-state index contributed by atoms with van der Waals surface area (Å²) in [7, 11) is 0. The van der Waals surface area contributed by atoms with Crippen LogP contribution in [0.4, 0.5) is 5.69 Å². The second-order valence-electron chi connectivity index (χ2n) is 5.83. The topological polar surface area (TPSA) is 49.4 Å². The van der Waals surface area contributed by atoms with Gasteiger partial charge in [0.25, 0.3) is 0 Å². The predicted octanol–water partition coefficient (Wildman–Crippen LogP) is 3.51. The van der Waals surface area contributed by atoms with Crippen LogP contribution in [0, 0.1) is 6.92 Å². The molecule has 0 aliphatic carbocycles. The number of carbonyl (C=O) groups excluding carboxylic acids is 2. The molecular weight excluding hydrogens is 320 g/mol. The summed E-state index contributed by atoms with van der Waals surface area (Å²) in [5, 5.41) is 4.89. The Labute approximate surface area is 145 Å². The number of thiophene rings is 1. The van der Waals surface area contributed by atoms with Gasteiger partial charge in [-0.25, -0.2) is 0 Å². The standard InChI is InChI=1S/C19H20N2O2S/c1-14-10-12-24-17(14)8-9-18(22)20-13-15-4-6-16(7-5-15)21-11-2-3-19(21)23/h4-10,12H,2-3,11,13H2,1H3,(H,20,22)/b9-8+. The zero-order valence-corrected chi connectivity index (χ0v) is 14.4. The Kier molecular flexibility index (Phi) is 5.11. The lowest BCUT2D eigenvalue weighted by molar-refractivity contribution is -0.117. The van der Waals surface area contributed by atoms with Crippen LogP contribution in [0.2, 0.25) is 0 Å². The summed E-state index contributed by atoms with van der Waals surface area (Å²) in [6, 6.07) is 9.82. The second kappa shape index (κ2) is 7.45. The molecule has 2 heterocycles. The number of rotatable bonds is 5. The molecule has 4 nitrogen and oxygen atoms in total. The summed E-state index contributed by atoms with van der Waals surface area (Å²) in [5.74, 6) is 0.0756. The van der Waals surface area contributed by atoms with E-state index in [0.29, 0.717) is 13.0 Å². The zero-order valence-electron chi connectivity index (χ0n) is 13.6. The van der Waals surface area contributed by atoms with Crippen molar-refractivity contribution in [2.24, 2.45) is 0 Å². The van der Waals surface area contributed by atoms with Crippen molar-refractivity contribution in [1.29, 1.82) is 0 Å². The third-order valence-corrected chi connectivity index (χ3v) is 5.06. The van der Waals surface area contributed by atoms with Crippen molar-refractivity contribution in [3.63, 3.8) is 0 Å². The highest BCUT2D eigenvalue weighted by molar-refractivity contribution is 7.11. The van der Waals surface area contributed by atoms with E-state index in [-0.39, 0.29) is 11.8 Å². The van der Waals surface area contributed by atoms with Crippen LogP contribution >= 0.6 is 11.3 Å². The van der Waals surface area contributed by atoms with Gasteiger partial charge in [0.05, 0.1) is 0 Å². The van der Waals surface area contributed by atoms with Crippen LogP contribution in [0.15, 0.2) is 41.8 Å². The Hall–Kier alpha value is -2.40. The summed E-state index contributed by atoms with van der Waals surface area (Å²) in [6.45, 7) is 3.30. The number of nitrogens with zero attached hydrogens (tertiary/aromatic N) is 1. The molecular formula is C19H20N2O2S. The highest BCUT2D eigenvalue weighted by Crippen LogP contribution is 2.21. The summed E-state index contributed by atoms with van der Waals surface area (Å²) in [4.78, 5) is 26.5. The average molecular weight is 340 g/mol. The van der Waals surface area contributed by atoms with Gasteiger partial charge in [0.1, 0.15) is 0 Å². The molecule has 1 aliphatic rings. The van der Waals surface area contributed by atoms with Crippen LogP contribution in [0.1, 0.15) is 28.8 Å².